The van der Waals surface area contributed by atoms with Crippen molar-refractivity contribution in [3.8, 4) is 0 Å². The van der Waals surface area contributed by atoms with E-state index in [2.05, 4.69) is 10.4 Å². The molecule has 0 radical (unpaired) electrons. The second-order valence-electron chi connectivity index (χ2n) is 7.87. The van der Waals surface area contributed by atoms with Crippen LogP contribution in [0.25, 0.3) is 16.0 Å². The highest BCUT2D eigenvalue weighted by molar-refractivity contribution is 7.17. The number of carbonyl (C=O) groups excluding carboxylic acids is 2. The molecule has 0 aliphatic heterocycles. The molecule has 11 heteroatoms. The summed E-state index contributed by atoms with van der Waals surface area (Å²) in [6.07, 6.45) is 0. The Hall–Kier alpha value is -3.73. The van der Waals surface area contributed by atoms with Crippen LogP contribution >= 0.6 is 11.3 Å². The SMILES string of the molecule is CCOC(=O)c1ccc(NC(=O)Cn2nc3n(CC(C)C)c(=O)c4sccc4n3c2=O)cc1. The number of nitrogens with one attached hydrogen (secondary N) is 1. The van der Waals surface area contributed by atoms with Gasteiger partial charge in [0.1, 0.15) is 11.2 Å². The molecule has 0 aliphatic carbocycles. The number of carbonyl (C=O) groups is 2. The van der Waals surface area contributed by atoms with Gasteiger partial charge in [0.25, 0.3) is 5.56 Å². The fourth-order valence-corrected chi connectivity index (χ4v) is 4.33. The monoisotopic (exact) mass is 469 g/mol. The van der Waals surface area contributed by atoms with E-state index in [-0.39, 0.29) is 30.4 Å². The second kappa shape index (κ2) is 9.02. The van der Waals surface area contributed by atoms with Gasteiger partial charge in [-0.2, -0.15) is 0 Å². The zero-order chi connectivity index (χ0) is 23.7. The number of rotatable bonds is 7. The minimum Gasteiger partial charge on any atom is -0.462 e. The van der Waals surface area contributed by atoms with Crippen molar-refractivity contribution in [2.45, 2.75) is 33.9 Å². The number of fused-ring (bicyclic) bond motifs is 3. The predicted octanol–water partition coefficient (Wildman–Crippen LogP) is 2.34. The van der Waals surface area contributed by atoms with Crippen molar-refractivity contribution in [2.75, 3.05) is 11.9 Å². The van der Waals surface area contributed by atoms with E-state index in [0.717, 1.165) is 4.68 Å². The number of ether oxygens (including phenoxy) is 1. The van der Waals surface area contributed by atoms with Gasteiger partial charge in [-0.3, -0.25) is 14.2 Å². The third-order valence-electron chi connectivity index (χ3n) is 4.91. The number of hydrogen-bond acceptors (Lipinski definition) is 7. The average Bonchev–Trinajstić information content (AvgIpc) is 3.37. The summed E-state index contributed by atoms with van der Waals surface area (Å²) in [5.41, 5.74) is 0.602. The van der Waals surface area contributed by atoms with Crippen LogP contribution in [0.2, 0.25) is 0 Å². The number of esters is 1. The Labute approximate surface area is 192 Å². The van der Waals surface area contributed by atoms with Gasteiger partial charge >= 0.3 is 11.7 Å². The first-order valence-corrected chi connectivity index (χ1v) is 11.3. The molecule has 3 heterocycles. The first-order valence-electron chi connectivity index (χ1n) is 10.5. The normalized spacial score (nSPS) is 11.4. The number of amides is 1. The topological polar surface area (TPSA) is 117 Å². The molecule has 1 amide bonds. The lowest BCUT2D eigenvalue weighted by Crippen LogP contribution is -2.29. The Morgan fingerprint density at radius 3 is 2.55 bits per heavy atom. The van der Waals surface area contributed by atoms with Crippen LogP contribution in [0.4, 0.5) is 5.69 Å². The molecule has 0 saturated carbocycles. The summed E-state index contributed by atoms with van der Waals surface area (Å²) in [5.74, 6) is -0.552. The molecule has 1 aromatic carbocycles. The van der Waals surface area contributed by atoms with Crippen LogP contribution in [0.15, 0.2) is 45.3 Å². The Balaban J connectivity index is 1.63. The molecular weight excluding hydrogens is 446 g/mol. The summed E-state index contributed by atoms with van der Waals surface area (Å²) in [7, 11) is 0. The lowest BCUT2D eigenvalue weighted by atomic mass is 10.2. The molecule has 33 heavy (non-hydrogen) atoms. The smallest absolute Gasteiger partial charge is 0.352 e. The highest BCUT2D eigenvalue weighted by atomic mass is 32.1. The highest BCUT2D eigenvalue weighted by Gasteiger charge is 2.20. The van der Waals surface area contributed by atoms with Crippen LogP contribution in [0, 0.1) is 5.92 Å². The number of nitrogens with zero attached hydrogens (tertiary/aromatic N) is 4. The fraction of sp³-hybridized carbons (Fsp3) is 0.318. The highest BCUT2D eigenvalue weighted by Crippen LogP contribution is 2.18. The molecule has 0 unspecified atom stereocenters. The molecule has 0 bridgehead atoms. The number of anilines is 1. The van der Waals surface area contributed by atoms with Crippen LogP contribution in [0.5, 0.6) is 0 Å². The van der Waals surface area contributed by atoms with E-state index in [9.17, 15) is 19.2 Å². The van der Waals surface area contributed by atoms with E-state index in [0.29, 0.717) is 28.0 Å². The van der Waals surface area contributed by atoms with Crippen molar-refractivity contribution in [3.05, 3.63) is 62.1 Å². The van der Waals surface area contributed by atoms with Crippen molar-refractivity contribution < 1.29 is 14.3 Å². The predicted molar refractivity (Wildman–Crippen MR) is 125 cm³/mol. The summed E-state index contributed by atoms with van der Waals surface area (Å²) >= 11 is 1.27. The zero-order valence-corrected chi connectivity index (χ0v) is 19.2. The maximum Gasteiger partial charge on any atom is 0.352 e. The Bertz CT molecular complexity index is 1460. The van der Waals surface area contributed by atoms with Crippen LogP contribution in [-0.4, -0.2) is 37.2 Å². The minimum atomic E-state index is -0.501. The second-order valence-corrected chi connectivity index (χ2v) is 8.78. The molecular formula is C22H23N5O5S. The van der Waals surface area contributed by atoms with E-state index in [1.54, 1.807) is 42.6 Å². The molecule has 3 aromatic heterocycles. The number of aromatic nitrogens is 4. The van der Waals surface area contributed by atoms with Gasteiger partial charge in [-0.25, -0.2) is 18.7 Å². The third-order valence-corrected chi connectivity index (χ3v) is 5.80. The average molecular weight is 470 g/mol. The lowest BCUT2D eigenvalue weighted by Gasteiger charge is -2.09. The third kappa shape index (κ3) is 4.31. The largest absolute Gasteiger partial charge is 0.462 e. The summed E-state index contributed by atoms with van der Waals surface area (Å²) in [6, 6.07) is 7.94. The Morgan fingerprint density at radius 2 is 1.88 bits per heavy atom. The maximum absolute atomic E-state index is 13.1. The van der Waals surface area contributed by atoms with Crippen molar-refractivity contribution in [3.63, 3.8) is 0 Å². The van der Waals surface area contributed by atoms with Crippen molar-refractivity contribution in [1.29, 1.82) is 0 Å². The zero-order valence-electron chi connectivity index (χ0n) is 18.4. The van der Waals surface area contributed by atoms with Gasteiger partial charge in [0.2, 0.25) is 11.7 Å². The number of benzene rings is 1. The van der Waals surface area contributed by atoms with Crippen LogP contribution in [0.1, 0.15) is 31.1 Å². The molecule has 0 saturated heterocycles. The number of hydrogen-bond donors (Lipinski definition) is 1. The van der Waals surface area contributed by atoms with Crippen LogP contribution in [-0.2, 0) is 22.6 Å². The van der Waals surface area contributed by atoms with Crippen molar-refractivity contribution >= 4 is 44.9 Å². The van der Waals surface area contributed by atoms with Crippen LogP contribution in [0.3, 0.4) is 0 Å². The number of thiophene rings is 1. The van der Waals surface area contributed by atoms with E-state index in [1.807, 2.05) is 13.8 Å². The maximum atomic E-state index is 13.1. The Morgan fingerprint density at radius 1 is 1.15 bits per heavy atom. The van der Waals surface area contributed by atoms with Crippen LogP contribution < -0.4 is 16.6 Å². The van der Waals surface area contributed by atoms with Gasteiger partial charge in [0.15, 0.2) is 0 Å². The van der Waals surface area contributed by atoms with E-state index >= 15 is 0 Å². The van der Waals surface area contributed by atoms with Gasteiger partial charge < -0.3 is 10.1 Å². The Kier molecular flexibility index (Phi) is 6.14. The first kappa shape index (κ1) is 22.5. The quantitative estimate of drug-likeness (QED) is 0.415. The van der Waals surface area contributed by atoms with Crippen molar-refractivity contribution in [1.82, 2.24) is 18.7 Å². The summed E-state index contributed by atoms with van der Waals surface area (Å²) in [4.78, 5) is 50.4. The van der Waals surface area contributed by atoms with Gasteiger partial charge in [-0.1, -0.05) is 13.8 Å². The molecule has 1 N–H and O–H groups in total. The molecule has 0 atom stereocenters. The standard InChI is InChI=1S/C22H23N5O5S/c1-4-32-20(30)14-5-7-15(8-6-14)23-17(28)12-26-22(31)27-16-9-10-33-18(16)19(29)25(11-13(2)3)21(27)24-26/h5-10,13H,4,11-12H2,1-3H3,(H,23,28). The molecule has 10 nitrogen and oxygen atoms in total. The van der Waals surface area contributed by atoms with Gasteiger partial charge in [-0.05, 0) is 48.6 Å². The minimum absolute atomic E-state index is 0.157. The van der Waals surface area contributed by atoms with Gasteiger partial charge in [0.05, 0.1) is 17.7 Å². The molecule has 0 spiro atoms. The lowest BCUT2D eigenvalue weighted by molar-refractivity contribution is -0.117. The van der Waals surface area contributed by atoms with Gasteiger partial charge in [0, 0.05) is 12.2 Å². The van der Waals surface area contributed by atoms with E-state index < -0.39 is 17.6 Å². The molecule has 4 aromatic rings. The molecule has 172 valence electrons. The van der Waals surface area contributed by atoms with Gasteiger partial charge in [-0.15, -0.1) is 16.4 Å². The fourth-order valence-electron chi connectivity index (χ4n) is 3.51. The molecule has 0 aliphatic rings. The molecule has 4 rings (SSSR count). The van der Waals surface area contributed by atoms with E-state index in [1.165, 1.54) is 20.3 Å². The summed E-state index contributed by atoms with van der Waals surface area (Å²) in [5, 5.41) is 8.74. The summed E-state index contributed by atoms with van der Waals surface area (Å²) in [6.45, 7) is 6.00. The molecule has 0 fully saturated rings. The summed E-state index contributed by atoms with van der Waals surface area (Å²) < 4.78 is 9.30. The van der Waals surface area contributed by atoms with E-state index in [4.69, 9.17) is 4.74 Å². The first-order chi connectivity index (χ1) is 15.8. The van der Waals surface area contributed by atoms with Crippen molar-refractivity contribution in [2.24, 2.45) is 5.92 Å².